The van der Waals surface area contributed by atoms with Crippen LogP contribution in [0.4, 0.5) is 5.69 Å². The first-order valence-electron chi connectivity index (χ1n) is 10.2. The number of benzene rings is 2. The van der Waals surface area contributed by atoms with Crippen molar-refractivity contribution in [2.45, 2.75) is 17.7 Å². The number of aromatic nitrogens is 2. The van der Waals surface area contributed by atoms with E-state index >= 15 is 0 Å². The highest BCUT2D eigenvalue weighted by Crippen LogP contribution is 2.40. The number of ether oxygens (including phenoxy) is 3. The molecule has 0 unspecified atom stereocenters. The fourth-order valence-electron chi connectivity index (χ4n) is 3.88. The van der Waals surface area contributed by atoms with Gasteiger partial charge in [-0.25, -0.2) is 8.42 Å². The molecule has 176 valence electrons. The number of amides is 1. The lowest BCUT2D eigenvalue weighted by molar-refractivity contribution is -0.120. The number of carbonyl (C=O) groups is 1. The largest absolute Gasteiger partial charge is 0.493 e. The van der Waals surface area contributed by atoms with E-state index < -0.39 is 10.0 Å². The van der Waals surface area contributed by atoms with Crippen LogP contribution < -0.4 is 19.5 Å². The van der Waals surface area contributed by atoms with Crippen molar-refractivity contribution in [3.63, 3.8) is 0 Å². The van der Waals surface area contributed by atoms with Crippen molar-refractivity contribution in [3.05, 3.63) is 30.3 Å². The zero-order valence-electron chi connectivity index (χ0n) is 18.4. The number of piperidine rings is 1. The number of fused-ring (bicyclic) bond motifs is 1. The molecule has 1 saturated heterocycles. The molecule has 33 heavy (non-hydrogen) atoms. The fraction of sp³-hybridized carbons (Fsp3) is 0.381. The zero-order chi connectivity index (χ0) is 23.6. The molecule has 12 heteroatoms. The standard InChI is InChI=1S/C21H24N4O6S2/c1-29-16-11-14(12-17(30-2)20(16)31-3)22-21(26)13-7-9-25(10-8-13)33(27,28)18-6-4-5-15-19(18)24-32-23-15/h4-6,11-13H,7-10H2,1-3H3,(H,22,26). The van der Waals surface area contributed by atoms with Crippen LogP contribution in [-0.4, -0.2) is 61.8 Å². The van der Waals surface area contributed by atoms with Gasteiger partial charge in [0.1, 0.15) is 15.9 Å². The van der Waals surface area contributed by atoms with Crippen LogP contribution in [-0.2, 0) is 14.8 Å². The van der Waals surface area contributed by atoms with Gasteiger partial charge in [-0.1, -0.05) is 6.07 Å². The molecule has 0 spiro atoms. The van der Waals surface area contributed by atoms with Crippen LogP contribution in [0.25, 0.3) is 11.0 Å². The molecule has 0 saturated carbocycles. The van der Waals surface area contributed by atoms with Gasteiger partial charge >= 0.3 is 0 Å². The predicted octanol–water partition coefficient (Wildman–Crippen LogP) is 2.76. The Hall–Kier alpha value is -2.96. The average Bonchev–Trinajstić information content (AvgIpc) is 3.32. The molecule has 1 aliphatic heterocycles. The summed E-state index contributed by atoms with van der Waals surface area (Å²) in [5.41, 5.74) is 1.44. The lowest BCUT2D eigenvalue weighted by atomic mass is 9.97. The molecule has 1 amide bonds. The highest BCUT2D eigenvalue weighted by molar-refractivity contribution is 7.89. The number of hydrogen-bond donors (Lipinski definition) is 1. The minimum atomic E-state index is -3.73. The van der Waals surface area contributed by atoms with Crippen LogP contribution in [0.2, 0.25) is 0 Å². The third-order valence-corrected chi connectivity index (χ3v) is 8.10. The molecule has 0 aliphatic carbocycles. The molecule has 0 atom stereocenters. The van der Waals surface area contributed by atoms with Gasteiger partial charge in [-0.15, -0.1) is 0 Å². The lowest BCUT2D eigenvalue weighted by Gasteiger charge is -2.30. The average molecular weight is 493 g/mol. The number of nitrogens with one attached hydrogen (secondary N) is 1. The summed E-state index contributed by atoms with van der Waals surface area (Å²) < 4.78 is 52.0. The Morgan fingerprint density at radius 2 is 1.73 bits per heavy atom. The number of sulfonamides is 1. The number of anilines is 1. The van der Waals surface area contributed by atoms with Crippen molar-refractivity contribution in [3.8, 4) is 17.2 Å². The molecule has 1 aliphatic rings. The molecule has 0 bridgehead atoms. The maximum absolute atomic E-state index is 13.2. The van der Waals surface area contributed by atoms with Gasteiger partial charge < -0.3 is 19.5 Å². The molecule has 1 N–H and O–H groups in total. The first-order valence-corrected chi connectivity index (χ1v) is 12.4. The molecule has 1 fully saturated rings. The number of hydrogen-bond acceptors (Lipinski definition) is 9. The fourth-order valence-corrected chi connectivity index (χ4v) is 6.11. The van der Waals surface area contributed by atoms with E-state index in [0.29, 0.717) is 46.8 Å². The SMILES string of the molecule is COc1cc(NC(=O)C2CCN(S(=O)(=O)c3cccc4nsnc34)CC2)cc(OC)c1OC. The van der Waals surface area contributed by atoms with E-state index in [1.807, 2.05) is 0 Å². The zero-order valence-corrected chi connectivity index (χ0v) is 20.0. The summed E-state index contributed by atoms with van der Waals surface area (Å²) in [6.07, 6.45) is 0.807. The van der Waals surface area contributed by atoms with Crippen molar-refractivity contribution in [1.82, 2.24) is 13.1 Å². The van der Waals surface area contributed by atoms with Crippen molar-refractivity contribution in [2.75, 3.05) is 39.7 Å². The monoisotopic (exact) mass is 492 g/mol. The van der Waals surface area contributed by atoms with E-state index in [1.165, 1.54) is 25.6 Å². The van der Waals surface area contributed by atoms with E-state index in [1.54, 1.807) is 30.3 Å². The van der Waals surface area contributed by atoms with Gasteiger partial charge in [-0.3, -0.25) is 4.79 Å². The van der Waals surface area contributed by atoms with E-state index in [0.717, 1.165) is 11.7 Å². The van der Waals surface area contributed by atoms with E-state index in [-0.39, 0.29) is 29.8 Å². The van der Waals surface area contributed by atoms with Crippen LogP contribution in [0, 0.1) is 5.92 Å². The molecule has 2 heterocycles. The molecular weight excluding hydrogens is 468 g/mol. The Morgan fingerprint density at radius 3 is 2.33 bits per heavy atom. The minimum absolute atomic E-state index is 0.147. The van der Waals surface area contributed by atoms with Gasteiger partial charge in [0.15, 0.2) is 11.5 Å². The van der Waals surface area contributed by atoms with Gasteiger partial charge in [0, 0.05) is 36.8 Å². The highest BCUT2D eigenvalue weighted by atomic mass is 32.2. The summed E-state index contributed by atoms with van der Waals surface area (Å²) in [6.45, 7) is 0.479. The minimum Gasteiger partial charge on any atom is -0.493 e. The third kappa shape index (κ3) is 4.45. The van der Waals surface area contributed by atoms with Crippen LogP contribution in [0.5, 0.6) is 17.2 Å². The van der Waals surface area contributed by atoms with Crippen molar-refractivity contribution in [1.29, 1.82) is 0 Å². The molecule has 10 nitrogen and oxygen atoms in total. The van der Waals surface area contributed by atoms with Gasteiger partial charge in [0.2, 0.25) is 21.7 Å². The predicted molar refractivity (Wildman–Crippen MR) is 124 cm³/mol. The topological polar surface area (TPSA) is 120 Å². The van der Waals surface area contributed by atoms with Crippen LogP contribution in [0.1, 0.15) is 12.8 Å². The molecule has 2 aromatic carbocycles. The Labute approximate surface area is 195 Å². The first-order chi connectivity index (χ1) is 15.9. The first kappa shape index (κ1) is 23.2. The smallest absolute Gasteiger partial charge is 0.245 e. The lowest BCUT2D eigenvalue weighted by Crippen LogP contribution is -2.41. The van der Waals surface area contributed by atoms with Crippen molar-refractivity contribution in [2.24, 2.45) is 5.92 Å². The van der Waals surface area contributed by atoms with E-state index in [9.17, 15) is 13.2 Å². The summed E-state index contributed by atoms with van der Waals surface area (Å²) in [5.74, 6) is 0.777. The second-order valence-corrected chi connectivity index (χ2v) is 9.90. The summed E-state index contributed by atoms with van der Waals surface area (Å²) in [5, 5.41) is 2.88. The maximum atomic E-state index is 13.2. The van der Waals surface area contributed by atoms with Crippen molar-refractivity contribution >= 4 is 44.4 Å². The molecule has 3 aromatic rings. The summed E-state index contributed by atoms with van der Waals surface area (Å²) in [7, 11) is 0.775. The molecule has 4 rings (SSSR count). The number of methoxy groups -OCH3 is 3. The molecular formula is C21H24N4O6S2. The Balaban J connectivity index is 1.45. The van der Waals surface area contributed by atoms with Crippen molar-refractivity contribution < 1.29 is 27.4 Å². The van der Waals surface area contributed by atoms with Gasteiger partial charge in [-0.2, -0.15) is 13.1 Å². The van der Waals surface area contributed by atoms with Gasteiger partial charge in [0.25, 0.3) is 0 Å². The van der Waals surface area contributed by atoms with E-state index in [2.05, 4.69) is 14.1 Å². The second kappa shape index (κ2) is 9.49. The Morgan fingerprint density at radius 1 is 1.06 bits per heavy atom. The Kier molecular flexibility index (Phi) is 6.68. The molecule has 0 radical (unpaired) electrons. The second-order valence-electron chi connectivity index (χ2n) is 7.47. The maximum Gasteiger partial charge on any atom is 0.245 e. The quantitative estimate of drug-likeness (QED) is 0.535. The highest BCUT2D eigenvalue weighted by Gasteiger charge is 2.33. The van der Waals surface area contributed by atoms with Gasteiger partial charge in [-0.05, 0) is 25.0 Å². The van der Waals surface area contributed by atoms with Crippen LogP contribution >= 0.6 is 11.7 Å². The summed E-state index contributed by atoms with van der Waals surface area (Å²) >= 11 is 0.981. The number of rotatable bonds is 7. The Bertz CT molecular complexity index is 1240. The normalized spacial score (nSPS) is 15.4. The van der Waals surface area contributed by atoms with E-state index in [4.69, 9.17) is 14.2 Å². The molecule has 1 aromatic heterocycles. The van der Waals surface area contributed by atoms with Gasteiger partial charge in [0.05, 0.1) is 33.1 Å². The number of nitrogens with zero attached hydrogens (tertiary/aromatic N) is 3. The number of carbonyl (C=O) groups excluding carboxylic acids is 1. The third-order valence-electron chi connectivity index (χ3n) is 5.62. The summed E-state index contributed by atoms with van der Waals surface area (Å²) in [4.78, 5) is 13.0. The van der Waals surface area contributed by atoms with Crippen LogP contribution in [0.15, 0.2) is 35.2 Å². The summed E-state index contributed by atoms with van der Waals surface area (Å²) in [6, 6.07) is 8.25. The van der Waals surface area contributed by atoms with Crippen LogP contribution in [0.3, 0.4) is 0 Å².